The Bertz CT molecular complexity index is 978. The number of aliphatic hydroxyl groups is 1. The second-order valence-electron chi connectivity index (χ2n) is 6.24. The molecule has 0 spiro atoms. The number of benzene rings is 3. The van der Waals surface area contributed by atoms with E-state index in [-0.39, 0.29) is 6.61 Å². The predicted molar refractivity (Wildman–Crippen MR) is 103 cm³/mol. The minimum atomic E-state index is -0.610. The summed E-state index contributed by atoms with van der Waals surface area (Å²) in [5.74, 6) is 0.749. The van der Waals surface area contributed by atoms with Gasteiger partial charge in [-0.15, -0.1) is 0 Å². The molecule has 4 aromatic rings. The predicted octanol–water partition coefficient (Wildman–Crippen LogP) is 4.14. The van der Waals surface area contributed by atoms with E-state index in [1.807, 2.05) is 71.3 Å². The maximum absolute atomic E-state index is 10.3. The number of aliphatic hydroxyl groups excluding tert-OH is 1. The molecule has 0 bridgehead atoms. The largest absolute Gasteiger partial charge is 0.491 e. The van der Waals surface area contributed by atoms with Crippen LogP contribution in [0.3, 0.4) is 0 Å². The Morgan fingerprint density at radius 2 is 1.54 bits per heavy atom. The highest BCUT2D eigenvalue weighted by Crippen LogP contribution is 2.22. The van der Waals surface area contributed by atoms with E-state index in [2.05, 4.69) is 17.1 Å². The first kappa shape index (κ1) is 16.4. The maximum Gasteiger partial charge on any atom is 0.119 e. The van der Waals surface area contributed by atoms with Gasteiger partial charge < -0.3 is 14.4 Å². The van der Waals surface area contributed by atoms with Gasteiger partial charge in [-0.05, 0) is 35.4 Å². The molecule has 4 nitrogen and oxygen atoms in total. The highest BCUT2D eigenvalue weighted by atomic mass is 16.5. The quantitative estimate of drug-likeness (QED) is 0.572. The van der Waals surface area contributed by atoms with E-state index >= 15 is 0 Å². The Balaban J connectivity index is 1.36. The second-order valence-corrected chi connectivity index (χ2v) is 6.24. The van der Waals surface area contributed by atoms with Gasteiger partial charge in [-0.1, -0.05) is 54.6 Å². The third kappa shape index (κ3) is 3.60. The Labute approximate surface area is 152 Å². The lowest BCUT2D eigenvalue weighted by Crippen LogP contribution is -2.23. The number of para-hydroxylation sites is 2. The summed E-state index contributed by atoms with van der Waals surface area (Å²) < 4.78 is 7.68. The van der Waals surface area contributed by atoms with E-state index in [9.17, 15) is 5.11 Å². The van der Waals surface area contributed by atoms with Crippen LogP contribution in [0.1, 0.15) is 0 Å². The molecule has 0 aliphatic rings. The molecule has 0 aliphatic heterocycles. The molecule has 1 N–H and O–H groups in total. The molecule has 3 aromatic carbocycles. The minimum absolute atomic E-state index is 0.233. The van der Waals surface area contributed by atoms with Crippen LogP contribution >= 0.6 is 0 Å². The average Bonchev–Trinajstić information content (AvgIpc) is 3.10. The summed E-state index contributed by atoms with van der Waals surface area (Å²) in [5.41, 5.74) is 4.25. The van der Waals surface area contributed by atoms with Crippen molar-refractivity contribution >= 4 is 11.0 Å². The van der Waals surface area contributed by atoms with Crippen LogP contribution in [-0.4, -0.2) is 27.4 Å². The fraction of sp³-hybridized carbons (Fsp3) is 0.136. The lowest BCUT2D eigenvalue weighted by molar-refractivity contribution is 0.0934. The smallest absolute Gasteiger partial charge is 0.119 e. The number of imidazole rings is 1. The maximum atomic E-state index is 10.3. The lowest BCUT2D eigenvalue weighted by Gasteiger charge is -2.14. The van der Waals surface area contributed by atoms with Gasteiger partial charge in [-0.25, -0.2) is 4.98 Å². The molecule has 0 aliphatic carbocycles. The van der Waals surface area contributed by atoms with Gasteiger partial charge in [0.25, 0.3) is 0 Å². The van der Waals surface area contributed by atoms with E-state index < -0.39 is 6.10 Å². The summed E-state index contributed by atoms with van der Waals surface area (Å²) in [5, 5.41) is 10.3. The van der Waals surface area contributed by atoms with Gasteiger partial charge in [0.2, 0.25) is 0 Å². The summed E-state index contributed by atoms with van der Waals surface area (Å²) in [7, 11) is 0. The first-order valence-corrected chi connectivity index (χ1v) is 8.66. The number of hydrogen-bond donors (Lipinski definition) is 1. The minimum Gasteiger partial charge on any atom is -0.491 e. The van der Waals surface area contributed by atoms with E-state index in [0.717, 1.165) is 22.3 Å². The molecule has 26 heavy (non-hydrogen) atoms. The van der Waals surface area contributed by atoms with Crippen LogP contribution < -0.4 is 4.74 Å². The van der Waals surface area contributed by atoms with E-state index in [4.69, 9.17) is 4.74 Å². The number of nitrogens with zero attached hydrogens (tertiary/aromatic N) is 2. The Kier molecular flexibility index (Phi) is 4.67. The molecule has 1 aromatic heterocycles. The SMILES string of the molecule is OC(COc1ccc(-c2ccccc2)cc1)Cn1cnc2ccccc21. The second kappa shape index (κ2) is 7.42. The number of aromatic nitrogens is 2. The summed E-state index contributed by atoms with van der Waals surface area (Å²) in [4.78, 5) is 4.34. The Morgan fingerprint density at radius 3 is 2.35 bits per heavy atom. The first-order valence-electron chi connectivity index (χ1n) is 8.66. The van der Waals surface area contributed by atoms with Crippen LogP contribution in [0, 0.1) is 0 Å². The molecule has 130 valence electrons. The summed E-state index contributed by atoms with van der Waals surface area (Å²) in [6.07, 6.45) is 1.14. The zero-order chi connectivity index (χ0) is 17.8. The average molecular weight is 344 g/mol. The van der Waals surface area contributed by atoms with Crippen molar-refractivity contribution in [2.45, 2.75) is 12.6 Å². The molecule has 0 saturated carbocycles. The molecule has 4 heteroatoms. The summed E-state index contributed by atoms with van der Waals surface area (Å²) in [6.45, 7) is 0.680. The molecule has 0 fully saturated rings. The number of hydrogen-bond acceptors (Lipinski definition) is 3. The molecular formula is C22H20N2O2. The highest BCUT2D eigenvalue weighted by molar-refractivity contribution is 5.74. The van der Waals surface area contributed by atoms with E-state index in [0.29, 0.717) is 6.54 Å². The summed E-state index contributed by atoms with van der Waals surface area (Å²) in [6, 6.07) is 26.0. The molecule has 0 radical (unpaired) electrons. The van der Waals surface area contributed by atoms with Crippen molar-refractivity contribution in [1.82, 2.24) is 9.55 Å². The van der Waals surface area contributed by atoms with Gasteiger partial charge in [0, 0.05) is 0 Å². The van der Waals surface area contributed by atoms with Crippen LogP contribution in [-0.2, 0) is 6.54 Å². The van der Waals surface area contributed by atoms with Gasteiger partial charge in [0.1, 0.15) is 18.5 Å². The van der Waals surface area contributed by atoms with Crippen molar-refractivity contribution in [1.29, 1.82) is 0 Å². The molecule has 1 unspecified atom stereocenters. The lowest BCUT2D eigenvalue weighted by atomic mass is 10.1. The van der Waals surface area contributed by atoms with Gasteiger partial charge in [0.15, 0.2) is 0 Å². The Morgan fingerprint density at radius 1 is 0.846 bits per heavy atom. The fourth-order valence-corrected chi connectivity index (χ4v) is 3.00. The van der Waals surface area contributed by atoms with E-state index in [1.54, 1.807) is 6.33 Å². The van der Waals surface area contributed by atoms with Gasteiger partial charge >= 0.3 is 0 Å². The van der Waals surface area contributed by atoms with Crippen molar-refractivity contribution in [2.24, 2.45) is 0 Å². The molecule has 0 amide bonds. The van der Waals surface area contributed by atoms with Crippen LogP contribution in [0.25, 0.3) is 22.2 Å². The number of rotatable bonds is 6. The van der Waals surface area contributed by atoms with Crippen molar-refractivity contribution in [3.8, 4) is 16.9 Å². The standard InChI is InChI=1S/C22H20N2O2/c25-19(14-24-16-23-21-8-4-5-9-22(21)24)15-26-20-12-10-18(11-13-20)17-6-2-1-3-7-17/h1-13,16,19,25H,14-15H2. The molecule has 0 saturated heterocycles. The van der Waals surface area contributed by atoms with Crippen LogP contribution in [0.4, 0.5) is 0 Å². The molecule has 1 atom stereocenters. The third-order valence-electron chi connectivity index (χ3n) is 4.34. The number of ether oxygens (including phenoxy) is 1. The van der Waals surface area contributed by atoms with Crippen molar-refractivity contribution in [3.05, 3.63) is 85.2 Å². The zero-order valence-corrected chi connectivity index (χ0v) is 14.3. The molecule has 1 heterocycles. The van der Waals surface area contributed by atoms with Crippen LogP contribution in [0.15, 0.2) is 85.2 Å². The first-order chi connectivity index (χ1) is 12.8. The molecule has 4 rings (SSSR count). The van der Waals surface area contributed by atoms with Gasteiger partial charge in [0.05, 0.1) is 23.9 Å². The third-order valence-corrected chi connectivity index (χ3v) is 4.34. The van der Waals surface area contributed by atoms with Gasteiger partial charge in [-0.2, -0.15) is 0 Å². The summed E-state index contributed by atoms with van der Waals surface area (Å²) >= 11 is 0. The van der Waals surface area contributed by atoms with Crippen LogP contribution in [0.2, 0.25) is 0 Å². The normalized spacial score (nSPS) is 12.2. The number of fused-ring (bicyclic) bond motifs is 1. The monoisotopic (exact) mass is 344 g/mol. The highest BCUT2D eigenvalue weighted by Gasteiger charge is 2.09. The molecular weight excluding hydrogens is 324 g/mol. The Hall–Kier alpha value is -3.11. The topological polar surface area (TPSA) is 47.3 Å². The van der Waals surface area contributed by atoms with Crippen molar-refractivity contribution < 1.29 is 9.84 Å². The van der Waals surface area contributed by atoms with Crippen molar-refractivity contribution in [3.63, 3.8) is 0 Å². The zero-order valence-electron chi connectivity index (χ0n) is 14.3. The van der Waals surface area contributed by atoms with E-state index in [1.165, 1.54) is 5.56 Å². The van der Waals surface area contributed by atoms with Crippen molar-refractivity contribution in [2.75, 3.05) is 6.61 Å². The fourth-order valence-electron chi connectivity index (χ4n) is 3.00. The van der Waals surface area contributed by atoms with Gasteiger partial charge in [-0.3, -0.25) is 0 Å². The van der Waals surface area contributed by atoms with Crippen LogP contribution in [0.5, 0.6) is 5.75 Å².